The first-order valence-corrected chi connectivity index (χ1v) is 12.4. The zero-order valence-electron chi connectivity index (χ0n) is 19.4. The lowest BCUT2D eigenvalue weighted by atomic mass is 9.87. The maximum Gasteiger partial charge on any atom is 0.234 e. The van der Waals surface area contributed by atoms with Gasteiger partial charge < -0.3 is 14.6 Å². The van der Waals surface area contributed by atoms with Crippen molar-refractivity contribution in [1.29, 1.82) is 0 Å². The fourth-order valence-electron chi connectivity index (χ4n) is 3.22. The number of benzene rings is 2. The van der Waals surface area contributed by atoms with E-state index in [-0.39, 0.29) is 23.2 Å². The Balaban J connectivity index is 1.65. The maximum absolute atomic E-state index is 12.4. The fraction of sp³-hybridized carbons (Fsp3) is 0.375. The van der Waals surface area contributed by atoms with Gasteiger partial charge in [-0.15, -0.1) is 10.2 Å². The minimum absolute atomic E-state index is 0.0854. The van der Waals surface area contributed by atoms with Crippen LogP contribution in [0, 0.1) is 0 Å². The molecule has 6 nitrogen and oxygen atoms in total. The van der Waals surface area contributed by atoms with Crippen molar-refractivity contribution < 1.29 is 9.53 Å². The van der Waals surface area contributed by atoms with Crippen molar-refractivity contribution in [2.75, 3.05) is 11.1 Å². The van der Waals surface area contributed by atoms with Crippen molar-refractivity contribution in [3.05, 3.63) is 63.9 Å². The Morgan fingerprint density at radius 2 is 1.76 bits per heavy atom. The molecule has 1 heterocycles. The van der Waals surface area contributed by atoms with E-state index in [1.54, 1.807) is 18.2 Å². The van der Waals surface area contributed by atoms with Gasteiger partial charge in [-0.2, -0.15) is 0 Å². The molecular formula is C24H28Cl2N4O2S. The number of aromatic nitrogens is 3. The van der Waals surface area contributed by atoms with Gasteiger partial charge in [-0.1, -0.05) is 73.9 Å². The maximum atomic E-state index is 12.4. The third kappa shape index (κ3) is 6.43. The van der Waals surface area contributed by atoms with E-state index in [0.29, 0.717) is 33.3 Å². The first-order chi connectivity index (χ1) is 15.6. The molecule has 0 aliphatic carbocycles. The highest BCUT2D eigenvalue weighted by molar-refractivity contribution is 7.99. The second kappa shape index (κ2) is 10.8. The van der Waals surface area contributed by atoms with Crippen LogP contribution in [0.1, 0.15) is 52.1 Å². The summed E-state index contributed by atoms with van der Waals surface area (Å²) in [6, 6.07) is 13.2. The molecule has 2 aromatic carbocycles. The number of thioether (sulfide) groups is 1. The number of hydrogen-bond donors (Lipinski definition) is 1. The molecule has 0 fully saturated rings. The van der Waals surface area contributed by atoms with Crippen molar-refractivity contribution in [3.8, 4) is 5.75 Å². The summed E-state index contributed by atoms with van der Waals surface area (Å²) in [6.07, 6.45) is -0.303. The van der Waals surface area contributed by atoms with Crippen LogP contribution < -0.4 is 10.1 Å². The Labute approximate surface area is 209 Å². The minimum Gasteiger partial charge on any atom is -0.483 e. The highest BCUT2D eigenvalue weighted by Crippen LogP contribution is 2.31. The molecule has 3 rings (SSSR count). The second-order valence-electron chi connectivity index (χ2n) is 8.55. The van der Waals surface area contributed by atoms with Gasteiger partial charge in [0.2, 0.25) is 5.91 Å². The smallest absolute Gasteiger partial charge is 0.234 e. The van der Waals surface area contributed by atoms with Crippen molar-refractivity contribution in [2.45, 2.75) is 57.8 Å². The summed E-state index contributed by atoms with van der Waals surface area (Å²) in [5.74, 6) is 1.38. The van der Waals surface area contributed by atoms with E-state index in [2.05, 4.69) is 48.4 Å². The number of carbonyl (C=O) groups excluding carboxylic acids is 1. The number of rotatable bonds is 8. The van der Waals surface area contributed by atoms with Crippen molar-refractivity contribution in [3.63, 3.8) is 0 Å². The highest BCUT2D eigenvalue weighted by Gasteiger charge is 2.20. The summed E-state index contributed by atoms with van der Waals surface area (Å²) in [5.41, 5.74) is 1.74. The Hall–Kier alpha value is -2.22. The SMILES string of the molecule is CCn1c(SCC(=O)Nc2c(Cl)cccc2Cl)nnc1C(C)Oc1ccc(C(C)(C)C)cc1. The lowest BCUT2D eigenvalue weighted by Gasteiger charge is -2.20. The predicted octanol–water partition coefficient (Wildman–Crippen LogP) is 6.77. The van der Waals surface area contributed by atoms with Crippen LogP contribution in [0.25, 0.3) is 0 Å². The highest BCUT2D eigenvalue weighted by atomic mass is 35.5. The molecule has 1 N–H and O–H groups in total. The number of halogens is 2. The van der Waals surface area contributed by atoms with E-state index in [1.165, 1.54) is 17.3 Å². The molecule has 0 aliphatic rings. The van der Waals surface area contributed by atoms with Crippen LogP contribution >= 0.6 is 35.0 Å². The van der Waals surface area contributed by atoms with E-state index in [4.69, 9.17) is 27.9 Å². The lowest BCUT2D eigenvalue weighted by molar-refractivity contribution is -0.113. The van der Waals surface area contributed by atoms with E-state index >= 15 is 0 Å². The Bertz CT molecular complexity index is 1090. The van der Waals surface area contributed by atoms with Crippen LogP contribution in [0.2, 0.25) is 10.0 Å². The van der Waals surface area contributed by atoms with Crippen LogP contribution in [0.5, 0.6) is 5.75 Å². The number of para-hydroxylation sites is 1. The Kier molecular flexibility index (Phi) is 8.32. The van der Waals surface area contributed by atoms with Crippen LogP contribution in [-0.2, 0) is 16.8 Å². The van der Waals surface area contributed by atoms with Crippen molar-refractivity contribution >= 4 is 46.6 Å². The van der Waals surface area contributed by atoms with Gasteiger partial charge in [0, 0.05) is 6.54 Å². The molecule has 33 heavy (non-hydrogen) atoms. The molecule has 3 aromatic rings. The summed E-state index contributed by atoms with van der Waals surface area (Å²) in [4.78, 5) is 12.4. The molecule has 9 heteroatoms. The summed E-state index contributed by atoms with van der Waals surface area (Å²) >= 11 is 13.6. The fourth-order valence-corrected chi connectivity index (χ4v) is 4.52. The largest absolute Gasteiger partial charge is 0.483 e. The summed E-state index contributed by atoms with van der Waals surface area (Å²) in [5, 5.41) is 12.8. The molecule has 0 spiro atoms. The number of ether oxygens (including phenoxy) is 1. The number of amides is 1. The molecular weight excluding hydrogens is 479 g/mol. The van der Waals surface area contributed by atoms with Gasteiger partial charge in [0.1, 0.15) is 5.75 Å². The molecule has 1 aromatic heterocycles. The van der Waals surface area contributed by atoms with Gasteiger partial charge in [0.25, 0.3) is 0 Å². The average molecular weight is 507 g/mol. The number of nitrogens with one attached hydrogen (secondary N) is 1. The summed E-state index contributed by atoms with van der Waals surface area (Å²) < 4.78 is 8.07. The van der Waals surface area contributed by atoms with Gasteiger partial charge >= 0.3 is 0 Å². The normalized spacial score (nSPS) is 12.5. The lowest BCUT2D eigenvalue weighted by Crippen LogP contribution is -2.16. The van der Waals surface area contributed by atoms with Gasteiger partial charge in [-0.3, -0.25) is 4.79 Å². The van der Waals surface area contributed by atoms with Gasteiger partial charge in [0.15, 0.2) is 17.1 Å². The van der Waals surface area contributed by atoms with Crippen molar-refractivity contribution in [2.24, 2.45) is 0 Å². The number of hydrogen-bond acceptors (Lipinski definition) is 5. The zero-order chi connectivity index (χ0) is 24.2. The third-order valence-electron chi connectivity index (χ3n) is 5.02. The standard InChI is InChI=1S/C24H28Cl2N4O2S/c1-6-30-22(15(2)32-17-12-10-16(11-13-17)24(3,4)5)28-29-23(30)33-14-20(31)27-21-18(25)8-7-9-19(21)26/h7-13,15H,6,14H2,1-5H3,(H,27,31). The van der Waals surface area contributed by atoms with E-state index in [9.17, 15) is 4.79 Å². The zero-order valence-corrected chi connectivity index (χ0v) is 21.7. The Morgan fingerprint density at radius 1 is 1.12 bits per heavy atom. The molecule has 0 aliphatic heterocycles. The van der Waals surface area contributed by atoms with Crippen LogP contribution in [-0.4, -0.2) is 26.4 Å². The molecule has 0 saturated carbocycles. The van der Waals surface area contributed by atoms with Gasteiger partial charge in [0.05, 0.1) is 21.5 Å². The monoisotopic (exact) mass is 506 g/mol. The van der Waals surface area contributed by atoms with Gasteiger partial charge in [-0.25, -0.2) is 0 Å². The molecule has 1 amide bonds. The van der Waals surface area contributed by atoms with Crippen LogP contribution in [0.3, 0.4) is 0 Å². The molecule has 0 saturated heterocycles. The number of carbonyl (C=O) groups is 1. The molecule has 1 unspecified atom stereocenters. The second-order valence-corrected chi connectivity index (χ2v) is 10.3. The number of anilines is 1. The molecule has 0 bridgehead atoms. The average Bonchev–Trinajstić information content (AvgIpc) is 3.18. The number of nitrogens with zero attached hydrogens (tertiary/aromatic N) is 3. The van der Waals surface area contributed by atoms with E-state index in [0.717, 1.165) is 5.75 Å². The van der Waals surface area contributed by atoms with Crippen LogP contribution in [0.15, 0.2) is 47.6 Å². The minimum atomic E-state index is -0.303. The molecule has 1 atom stereocenters. The third-order valence-corrected chi connectivity index (χ3v) is 6.61. The quantitative estimate of drug-likeness (QED) is 0.341. The van der Waals surface area contributed by atoms with E-state index < -0.39 is 0 Å². The topological polar surface area (TPSA) is 69.0 Å². The Morgan fingerprint density at radius 3 is 2.33 bits per heavy atom. The van der Waals surface area contributed by atoms with Crippen molar-refractivity contribution in [1.82, 2.24) is 14.8 Å². The van der Waals surface area contributed by atoms with Crippen LogP contribution in [0.4, 0.5) is 5.69 Å². The first kappa shape index (κ1) is 25.4. The summed E-state index contributed by atoms with van der Waals surface area (Å²) in [7, 11) is 0. The predicted molar refractivity (Wildman–Crippen MR) is 136 cm³/mol. The molecule has 0 radical (unpaired) electrons. The first-order valence-electron chi connectivity index (χ1n) is 10.7. The van der Waals surface area contributed by atoms with Gasteiger partial charge in [-0.05, 0) is 49.1 Å². The van der Waals surface area contributed by atoms with E-state index in [1.807, 2.05) is 30.5 Å². The molecule has 176 valence electrons. The summed E-state index contributed by atoms with van der Waals surface area (Å²) in [6.45, 7) is 11.1.